The molecular formula is C12H16N2O3. The van der Waals surface area contributed by atoms with Gasteiger partial charge >= 0.3 is 0 Å². The first-order chi connectivity index (χ1) is 8.13. The standard InChI is InChI=1S/C12H16N2O3/c1-14(2)12(15)9(6-13)8-3-4-10-11(5-8)17-7-16-10/h3-5,9H,6-7,13H2,1-2H3. The van der Waals surface area contributed by atoms with Crippen LogP contribution in [0.3, 0.4) is 0 Å². The maximum absolute atomic E-state index is 11.9. The van der Waals surface area contributed by atoms with Crippen molar-refractivity contribution in [3.63, 3.8) is 0 Å². The number of benzene rings is 1. The van der Waals surface area contributed by atoms with Crippen LogP contribution in [0.5, 0.6) is 11.5 Å². The molecule has 2 rings (SSSR count). The molecule has 0 fully saturated rings. The van der Waals surface area contributed by atoms with Crippen LogP contribution in [0.15, 0.2) is 18.2 Å². The van der Waals surface area contributed by atoms with E-state index in [1.54, 1.807) is 19.0 Å². The SMILES string of the molecule is CN(C)C(=O)C(CN)c1ccc2c(c1)OCO2. The summed E-state index contributed by atoms with van der Waals surface area (Å²) >= 11 is 0. The first-order valence-electron chi connectivity index (χ1n) is 5.44. The molecule has 0 aliphatic carbocycles. The van der Waals surface area contributed by atoms with Crippen molar-refractivity contribution >= 4 is 5.91 Å². The van der Waals surface area contributed by atoms with Gasteiger partial charge in [-0.25, -0.2) is 0 Å². The number of hydrogen-bond acceptors (Lipinski definition) is 4. The van der Waals surface area contributed by atoms with Gasteiger partial charge in [0.2, 0.25) is 12.7 Å². The Bertz CT molecular complexity index is 432. The average molecular weight is 236 g/mol. The summed E-state index contributed by atoms with van der Waals surface area (Å²) in [5.41, 5.74) is 6.53. The number of ether oxygens (including phenoxy) is 2. The molecule has 0 aromatic heterocycles. The molecular weight excluding hydrogens is 220 g/mol. The Labute approximate surface area is 100 Å². The third-order valence-corrected chi connectivity index (χ3v) is 2.77. The molecule has 2 N–H and O–H groups in total. The number of fused-ring (bicyclic) bond motifs is 1. The third kappa shape index (κ3) is 2.19. The molecule has 1 aliphatic rings. The van der Waals surface area contributed by atoms with Crippen LogP contribution in [0.2, 0.25) is 0 Å². The maximum atomic E-state index is 11.9. The van der Waals surface area contributed by atoms with Gasteiger partial charge in [-0.15, -0.1) is 0 Å². The lowest BCUT2D eigenvalue weighted by molar-refractivity contribution is -0.130. The fourth-order valence-corrected chi connectivity index (χ4v) is 1.82. The Morgan fingerprint density at radius 1 is 1.41 bits per heavy atom. The van der Waals surface area contributed by atoms with Gasteiger partial charge in [-0.05, 0) is 17.7 Å². The molecule has 1 heterocycles. The smallest absolute Gasteiger partial charge is 0.231 e. The minimum absolute atomic E-state index is 0.00800. The Kier molecular flexibility index (Phi) is 3.19. The molecule has 1 aromatic carbocycles. The summed E-state index contributed by atoms with van der Waals surface area (Å²) < 4.78 is 10.5. The van der Waals surface area contributed by atoms with Crippen molar-refractivity contribution in [2.45, 2.75) is 5.92 Å². The Balaban J connectivity index is 2.28. The molecule has 1 aromatic rings. The molecule has 1 unspecified atom stereocenters. The lowest BCUT2D eigenvalue weighted by Gasteiger charge is -2.19. The Morgan fingerprint density at radius 2 is 2.12 bits per heavy atom. The first kappa shape index (κ1) is 11.7. The lowest BCUT2D eigenvalue weighted by atomic mass is 9.97. The number of amides is 1. The highest BCUT2D eigenvalue weighted by Crippen LogP contribution is 2.34. The molecule has 1 atom stereocenters. The van der Waals surface area contributed by atoms with Gasteiger partial charge in [0.05, 0.1) is 5.92 Å². The number of carbonyl (C=O) groups excluding carboxylic acids is 1. The van der Waals surface area contributed by atoms with E-state index in [2.05, 4.69) is 0 Å². The molecule has 0 spiro atoms. The van der Waals surface area contributed by atoms with Crippen molar-refractivity contribution in [1.29, 1.82) is 0 Å². The number of rotatable bonds is 3. The fraction of sp³-hybridized carbons (Fsp3) is 0.417. The zero-order valence-electron chi connectivity index (χ0n) is 9.97. The molecule has 5 heteroatoms. The van der Waals surface area contributed by atoms with Crippen molar-refractivity contribution in [1.82, 2.24) is 4.90 Å². The van der Waals surface area contributed by atoms with E-state index in [1.807, 2.05) is 18.2 Å². The van der Waals surface area contributed by atoms with Crippen molar-refractivity contribution in [3.8, 4) is 11.5 Å². The second-order valence-electron chi connectivity index (χ2n) is 4.13. The highest BCUT2D eigenvalue weighted by molar-refractivity contribution is 5.83. The van der Waals surface area contributed by atoms with Gasteiger partial charge in [0, 0.05) is 20.6 Å². The number of carbonyl (C=O) groups is 1. The van der Waals surface area contributed by atoms with Crippen LogP contribution >= 0.6 is 0 Å². The zero-order valence-corrected chi connectivity index (χ0v) is 9.97. The van der Waals surface area contributed by atoms with Crippen LogP contribution < -0.4 is 15.2 Å². The minimum atomic E-state index is -0.334. The molecule has 5 nitrogen and oxygen atoms in total. The zero-order chi connectivity index (χ0) is 12.4. The van der Waals surface area contributed by atoms with Crippen LogP contribution in [0, 0.1) is 0 Å². The van der Waals surface area contributed by atoms with E-state index in [9.17, 15) is 4.79 Å². The maximum Gasteiger partial charge on any atom is 0.231 e. The van der Waals surface area contributed by atoms with Gasteiger partial charge in [0.1, 0.15) is 0 Å². The third-order valence-electron chi connectivity index (χ3n) is 2.77. The number of nitrogens with two attached hydrogens (primary N) is 1. The summed E-state index contributed by atoms with van der Waals surface area (Å²) in [6.07, 6.45) is 0. The Morgan fingerprint density at radius 3 is 2.76 bits per heavy atom. The topological polar surface area (TPSA) is 64.8 Å². The quantitative estimate of drug-likeness (QED) is 0.832. The molecule has 0 radical (unpaired) electrons. The van der Waals surface area contributed by atoms with Gasteiger partial charge in [0.15, 0.2) is 11.5 Å². The van der Waals surface area contributed by atoms with Gasteiger partial charge in [-0.1, -0.05) is 6.07 Å². The van der Waals surface area contributed by atoms with Crippen LogP contribution in [-0.2, 0) is 4.79 Å². The largest absolute Gasteiger partial charge is 0.454 e. The summed E-state index contributed by atoms with van der Waals surface area (Å²) in [4.78, 5) is 13.5. The van der Waals surface area contributed by atoms with Crippen LogP contribution in [0.1, 0.15) is 11.5 Å². The average Bonchev–Trinajstić information content (AvgIpc) is 2.77. The van der Waals surface area contributed by atoms with E-state index < -0.39 is 0 Å². The summed E-state index contributed by atoms with van der Waals surface area (Å²) in [7, 11) is 3.44. The van der Waals surface area contributed by atoms with Crippen molar-refractivity contribution < 1.29 is 14.3 Å². The first-order valence-corrected chi connectivity index (χ1v) is 5.44. The van der Waals surface area contributed by atoms with Crippen LogP contribution in [0.25, 0.3) is 0 Å². The predicted molar refractivity (Wildman–Crippen MR) is 63.1 cm³/mol. The van der Waals surface area contributed by atoms with Crippen molar-refractivity contribution in [2.75, 3.05) is 27.4 Å². The monoisotopic (exact) mass is 236 g/mol. The van der Waals surface area contributed by atoms with E-state index in [4.69, 9.17) is 15.2 Å². The van der Waals surface area contributed by atoms with E-state index in [0.717, 1.165) is 5.56 Å². The highest BCUT2D eigenvalue weighted by atomic mass is 16.7. The molecule has 1 aliphatic heterocycles. The summed E-state index contributed by atoms with van der Waals surface area (Å²) in [5, 5.41) is 0. The molecule has 0 saturated heterocycles. The number of likely N-dealkylation sites (N-methyl/N-ethyl adjacent to an activating group) is 1. The second kappa shape index (κ2) is 4.63. The molecule has 0 bridgehead atoms. The summed E-state index contributed by atoms with van der Waals surface area (Å²) in [6.45, 7) is 0.504. The van der Waals surface area contributed by atoms with E-state index >= 15 is 0 Å². The summed E-state index contributed by atoms with van der Waals surface area (Å²) in [6, 6.07) is 5.48. The lowest BCUT2D eigenvalue weighted by Crippen LogP contribution is -2.32. The molecule has 0 saturated carbocycles. The fourth-order valence-electron chi connectivity index (χ4n) is 1.82. The second-order valence-corrected chi connectivity index (χ2v) is 4.13. The number of nitrogens with zero attached hydrogens (tertiary/aromatic N) is 1. The van der Waals surface area contributed by atoms with E-state index in [1.165, 1.54) is 0 Å². The normalized spacial score (nSPS) is 14.5. The minimum Gasteiger partial charge on any atom is -0.454 e. The summed E-state index contributed by atoms with van der Waals surface area (Å²) in [5.74, 6) is 1.04. The van der Waals surface area contributed by atoms with Crippen molar-refractivity contribution in [2.24, 2.45) is 5.73 Å². The van der Waals surface area contributed by atoms with Gasteiger partial charge in [-0.2, -0.15) is 0 Å². The van der Waals surface area contributed by atoms with Crippen LogP contribution in [-0.4, -0.2) is 38.2 Å². The van der Waals surface area contributed by atoms with E-state index in [0.29, 0.717) is 11.5 Å². The molecule has 1 amide bonds. The van der Waals surface area contributed by atoms with Crippen molar-refractivity contribution in [3.05, 3.63) is 23.8 Å². The Hall–Kier alpha value is -1.75. The van der Waals surface area contributed by atoms with E-state index in [-0.39, 0.29) is 25.2 Å². The highest BCUT2D eigenvalue weighted by Gasteiger charge is 2.23. The van der Waals surface area contributed by atoms with Gasteiger partial charge in [-0.3, -0.25) is 4.79 Å². The predicted octanol–water partition coefficient (Wildman–Crippen LogP) is 0.546. The van der Waals surface area contributed by atoms with Gasteiger partial charge < -0.3 is 20.1 Å². The number of hydrogen-bond donors (Lipinski definition) is 1. The molecule has 92 valence electrons. The molecule has 17 heavy (non-hydrogen) atoms. The van der Waals surface area contributed by atoms with Gasteiger partial charge in [0.25, 0.3) is 0 Å². The van der Waals surface area contributed by atoms with Crippen LogP contribution in [0.4, 0.5) is 0 Å².